The maximum absolute atomic E-state index is 6.25. The minimum Gasteiger partial charge on any atom is -0.486 e. The van der Waals surface area contributed by atoms with Crippen LogP contribution in [-0.4, -0.2) is 13.6 Å². The van der Waals surface area contributed by atoms with Crippen molar-refractivity contribution < 1.29 is 4.74 Å². The molecule has 0 fully saturated rings. The van der Waals surface area contributed by atoms with Gasteiger partial charge in [0.15, 0.2) is 5.75 Å². The van der Waals surface area contributed by atoms with E-state index < -0.39 is 0 Å². The molecule has 0 saturated carbocycles. The molecule has 2 aromatic rings. The normalized spacial score (nSPS) is 10.6. The van der Waals surface area contributed by atoms with Crippen molar-refractivity contribution in [2.24, 2.45) is 0 Å². The lowest BCUT2D eigenvalue weighted by Crippen LogP contribution is -2.10. The molecule has 0 saturated heterocycles. The van der Waals surface area contributed by atoms with Crippen molar-refractivity contribution in [3.8, 4) is 5.75 Å². The fourth-order valence-corrected chi connectivity index (χ4v) is 2.54. The van der Waals surface area contributed by atoms with Crippen molar-refractivity contribution in [2.45, 2.75) is 13.0 Å². The summed E-state index contributed by atoms with van der Waals surface area (Å²) in [7, 11) is 1.92. The van der Waals surface area contributed by atoms with Crippen LogP contribution in [0.2, 0.25) is 10.0 Å². The molecule has 0 aliphatic rings. The van der Waals surface area contributed by atoms with Crippen molar-refractivity contribution in [1.82, 2.24) is 5.32 Å². The van der Waals surface area contributed by atoms with Gasteiger partial charge >= 0.3 is 0 Å². The van der Waals surface area contributed by atoms with E-state index in [0.29, 0.717) is 22.4 Å². The van der Waals surface area contributed by atoms with Crippen molar-refractivity contribution in [2.75, 3.05) is 13.6 Å². The van der Waals surface area contributed by atoms with E-state index in [9.17, 15) is 0 Å². The van der Waals surface area contributed by atoms with Gasteiger partial charge in [0.2, 0.25) is 0 Å². The van der Waals surface area contributed by atoms with Gasteiger partial charge < -0.3 is 10.1 Å². The molecule has 0 aliphatic heterocycles. The van der Waals surface area contributed by atoms with E-state index in [1.54, 1.807) is 0 Å². The van der Waals surface area contributed by atoms with E-state index in [2.05, 4.69) is 5.32 Å². The zero-order chi connectivity index (χ0) is 14.4. The first-order chi connectivity index (χ1) is 9.70. The number of likely N-dealkylation sites (N-methyl/N-ethyl adjacent to an activating group) is 1. The Labute approximate surface area is 129 Å². The fourth-order valence-electron chi connectivity index (χ4n) is 1.89. The van der Waals surface area contributed by atoms with Gasteiger partial charge in [-0.25, -0.2) is 0 Å². The third-order valence-electron chi connectivity index (χ3n) is 2.95. The van der Waals surface area contributed by atoms with Gasteiger partial charge in [-0.3, -0.25) is 0 Å². The van der Waals surface area contributed by atoms with Crippen LogP contribution in [-0.2, 0) is 13.0 Å². The summed E-state index contributed by atoms with van der Waals surface area (Å²) < 4.78 is 5.73. The Balaban J connectivity index is 2.08. The van der Waals surface area contributed by atoms with Gasteiger partial charge in [-0.2, -0.15) is 0 Å². The second kappa shape index (κ2) is 7.53. The van der Waals surface area contributed by atoms with Crippen LogP contribution in [0.4, 0.5) is 0 Å². The van der Waals surface area contributed by atoms with Crippen LogP contribution in [0.25, 0.3) is 0 Å². The van der Waals surface area contributed by atoms with E-state index in [-0.39, 0.29) is 0 Å². The average molecular weight is 310 g/mol. The minimum absolute atomic E-state index is 0.455. The lowest BCUT2D eigenvalue weighted by atomic mass is 10.1. The Morgan fingerprint density at radius 3 is 2.25 bits per heavy atom. The number of hydrogen-bond donors (Lipinski definition) is 1. The Morgan fingerprint density at radius 2 is 1.65 bits per heavy atom. The summed E-state index contributed by atoms with van der Waals surface area (Å²) in [5.41, 5.74) is 2.18. The quantitative estimate of drug-likeness (QED) is 0.857. The molecule has 1 N–H and O–H groups in total. The molecule has 0 bridgehead atoms. The number of benzene rings is 2. The molecular formula is C16H17Cl2NO. The first-order valence-electron chi connectivity index (χ1n) is 6.50. The molecule has 0 aliphatic carbocycles. The molecule has 2 aromatic carbocycles. The highest BCUT2D eigenvalue weighted by molar-refractivity contribution is 6.37. The van der Waals surface area contributed by atoms with Gasteiger partial charge in [0, 0.05) is 0 Å². The van der Waals surface area contributed by atoms with Crippen LogP contribution in [0.1, 0.15) is 11.1 Å². The highest BCUT2D eigenvalue weighted by Gasteiger charge is 2.10. The number of rotatable bonds is 6. The number of hydrogen-bond acceptors (Lipinski definition) is 2. The van der Waals surface area contributed by atoms with Crippen LogP contribution < -0.4 is 10.1 Å². The second-order valence-corrected chi connectivity index (χ2v) is 5.33. The summed E-state index contributed by atoms with van der Waals surface area (Å²) in [4.78, 5) is 0. The SMILES string of the molecule is CNCCc1cc(Cl)c(OCc2ccccc2)c(Cl)c1. The fraction of sp³-hybridized carbons (Fsp3) is 0.250. The summed E-state index contributed by atoms with van der Waals surface area (Å²) >= 11 is 12.5. The molecule has 0 aromatic heterocycles. The lowest BCUT2D eigenvalue weighted by Gasteiger charge is -2.12. The molecule has 0 heterocycles. The predicted molar refractivity (Wildman–Crippen MR) is 84.9 cm³/mol. The summed E-state index contributed by atoms with van der Waals surface area (Å²) in [6, 6.07) is 13.7. The highest BCUT2D eigenvalue weighted by atomic mass is 35.5. The predicted octanol–water partition coefficient (Wildman–Crippen LogP) is 4.33. The third kappa shape index (κ3) is 4.14. The van der Waals surface area contributed by atoms with Gasteiger partial charge in [-0.05, 0) is 43.3 Å². The summed E-state index contributed by atoms with van der Waals surface area (Å²) in [5.74, 6) is 0.547. The van der Waals surface area contributed by atoms with Gasteiger partial charge in [-0.15, -0.1) is 0 Å². The van der Waals surface area contributed by atoms with E-state index in [1.807, 2.05) is 49.5 Å². The van der Waals surface area contributed by atoms with Gasteiger partial charge in [-0.1, -0.05) is 53.5 Å². The zero-order valence-corrected chi connectivity index (χ0v) is 12.8. The highest BCUT2D eigenvalue weighted by Crippen LogP contribution is 2.34. The minimum atomic E-state index is 0.455. The van der Waals surface area contributed by atoms with E-state index in [0.717, 1.165) is 24.1 Å². The van der Waals surface area contributed by atoms with Gasteiger partial charge in [0.1, 0.15) is 6.61 Å². The van der Waals surface area contributed by atoms with Crippen LogP contribution >= 0.6 is 23.2 Å². The monoisotopic (exact) mass is 309 g/mol. The first-order valence-corrected chi connectivity index (χ1v) is 7.25. The third-order valence-corrected chi connectivity index (χ3v) is 3.51. The van der Waals surface area contributed by atoms with Crippen LogP contribution in [0.15, 0.2) is 42.5 Å². The second-order valence-electron chi connectivity index (χ2n) is 4.52. The molecule has 0 unspecified atom stereocenters. The lowest BCUT2D eigenvalue weighted by molar-refractivity contribution is 0.306. The standard InChI is InChI=1S/C16H17Cl2NO/c1-19-8-7-13-9-14(17)16(15(18)10-13)20-11-12-5-3-2-4-6-12/h2-6,9-10,19H,7-8,11H2,1H3. The summed E-state index contributed by atoms with van der Waals surface area (Å²) in [6.07, 6.45) is 0.884. The van der Waals surface area contributed by atoms with Crippen molar-refractivity contribution in [3.63, 3.8) is 0 Å². The number of nitrogens with one attached hydrogen (secondary N) is 1. The largest absolute Gasteiger partial charge is 0.486 e. The Morgan fingerprint density at radius 1 is 1.00 bits per heavy atom. The van der Waals surface area contributed by atoms with Gasteiger partial charge in [0.05, 0.1) is 10.0 Å². The zero-order valence-electron chi connectivity index (χ0n) is 11.3. The van der Waals surface area contributed by atoms with Crippen molar-refractivity contribution in [3.05, 3.63) is 63.6 Å². The van der Waals surface area contributed by atoms with Crippen LogP contribution in [0.3, 0.4) is 0 Å². The molecule has 4 heteroatoms. The number of halogens is 2. The molecular weight excluding hydrogens is 293 g/mol. The van der Waals surface area contributed by atoms with Crippen LogP contribution in [0, 0.1) is 0 Å². The van der Waals surface area contributed by atoms with E-state index in [4.69, 9.17) is 27.9 Å². The molecule has 106 valence electrons. The summed E-state index contributed by atoms with van der Waals surface area (Å²) in [6.45, 7) is 1.34. The number of ether oxygens (including phenoxy) is 1. The van der Waals surface area contributed by atoms with Crippen molar-refractivity contribution in [1.29, 1.82) is 0 Å². The van der Waals surface area contributed by atoms with Crippen molar-refractivity contribution >= 4 is 23.2 Å². The topological polar surface area (TPSA) is 21.3 Å². The molecule has 20 heavy (non-hydrogen) atoms. The molecule has 2 rings (SSSR count). The molecule has 0 amide bonds. The van der Waals surface area contributed by atoms with Gasteiger partial charge in [0.25, 0.3) is 0 Å². The summed E-state index contributed by atoms with van der Waals surface area (Å²) in [5, 5.41) is 4.21. The Bertz CT molecular complexity index is 535. The molecule has 0 spiro atoms. The smallest absolute Gasteiger partial charge is 0.156 e. The Hall–Kier alpha value is -1.22. The molecule has 0 radical (unpaired) electrons. The van der Waals surface area contributed by atoms with Crippen LogP contribution in [0.5, 0.6) is 5.75 Å². The Kier molecular flexibility index (Phi) is 5.72. The molecule has 0 atom stereocenters. The maximum atomic E-state index is 6.25. The van der Waals surface area contributed by atoms with E-state index >= 15 is 0 Å². The van der Waals surface area contributed by atoms with E-state index in [1.165, 1.54) is 0 Å². The average Bonchev–Trinajstić information content (AvgIpc) is 2.45. The first kappa shape index (κ1) is 15.2. The molecule has 2 nitrogen and oxygen atoms in total. The maximum Gasteiger partial charge on any atom is 0.156 e.